The van der Waals surface area contributed by atoms with E-state index in [9.17, 15) is 0 Å². The lowest BCUT2D eigenvalue weighted by atomic mass is 10.1. The van der Waals surface area contributed by atoms with Crippen LogP contribution in [0.4, 0.5) is 11.5 Å². The number of benzene rings is 1. The van der Waals surface area contributed by atoms with Crippen molar-refractivity contribution in [2.45, 2.75) is 6.42 Å². The topological polar surface area (TPSA) is 45.2 Å². The molecule has 4 rings (SSSR count). The van der Waals surface area contributed by atoms with Gasteiger partial charge in [0.25, 0.3) is 0 Å². The van der Waals surface area contributed by atoms with Crippen LogP contribution in [0.15, 0.2) is 53.3 Å². The molecule has 1 aliphatic rings. The van der Waals surface area contributed by atoms with Crippen LogP contribution in [0.1, 0.15) is 6.42 Å². The molecule has 1 saturated heterocycles. The molecule has 0 saturated carbocycles. The van der Waals surface area contributed by atoms with Crippen LogP contribution in [0.2, 0.25) is 0 Å². The summed E-state index contributed by atoms with van der Waals surface area (Å²) in [4.78, 5) is 9.26. The highest BCUT2D eigenvalue weighted by Gasteiger charge is 2.18. The van der Waals surface area contributed by atoms with Crippen LogP contribution in [-0.2, 0) is 0 Å². The van der Waals surface area contributed by atoms with E-state index in [0.29, 0.717) is 0 Å². The Kier molecular flexibility index (Phi) is 4.30. The maximum absolute atomic E-state index is 4.50. The van der Waals surface area contributed by atoms with Gasteiger partial charge < -0.3 is 9.80 Å². The van der Waals surface area contributed by atoms with Crippen molar-refractivity contribution < 1.29 is 0 Å². The molecule has 122 valence electrons. The second-order valence-corrected chi connectivity index (χ2v) is 6.82. The number of hydrogen-bond acceptors (Lipinski definition) is 5. The van der Waals surface area contributed by atoms with Gasteiger partial charge in [0.05, 0.1) is 5.52 Å². The van der Waals surface area contributed by atoms with E-state index in [-0.39, 0.29) is 0 Å². The summed E-state index contributed by atoms with van der Waals surface area (Å²) in [5.41, 5.74) is 2.28. The molecule has 3 heterocycles. The Labute approximate surface area is 149 Å². The number of pyridine rings is 1. The Morgan fingerprint density at radius 3 is 2.67 bits per heavy atom. The molecule has 0 aliphatic carbocycles. The number of hydrogen-bond donors (Lipinski definition) is 0. The largest absolute Gasteiger partial charge is 0.369 e. The molecule has 0 unspecified atom stereocenters. The van der Waals surface area contributed by atoms with Crippen molar-refractivity contribution >= 4 is 38.3 Å². The molecule has 0 bridgehead atoms. The summed E-state index contributed by atoms with van der Waals surface area (Å²) in [6.07, 6.45) is 4.71. The van der Waals surface area contributed by atoms with Crippen molar-refractivity contribution in [2.75, 3.05) is 36.0 Å². The molecule has 1 fully saturated rings. The van der Waals surface area contributed by atoms with E-state index >= 15 is 0 Å². The number of rotatable bonds is 2. The van der Waals surface area contributed by atoms with Gasteiger partial charge in [-0.1, -0.05) is 15.9 Å². The molecule has 6 heteroatoms. The van der Waals surface area contributed by atoms with E-state index in [1.54, 1.807) is 6.20 Å². The van der Waals surface area contributed by atoms with Crippen LogP contribution in [0.5, 0.6) is 0 Å². The van der Waals surface area contributed by atoms with Crippen LogP contribution in [-0.4, -0.2) is 41.4 Å². The van der Waals surface area contributed by atoms with Gasteiger partial charge in [0.15, 0.2) is 5.82 Å². The van der Waals surface area contributed by atoms with E-state index in [1.165, 1.54) is 11.1 Å². The summed E-state index contributed by atoms with van der Waals surface area (Å²) in [7, 11) is 0. The zero-order chi connectivity index (χ0) is 16.4. The van der Waals surface area contributed by atoms with Gasteiger partial charge in [0.2, 0.25) is 0 Å². The predicted octanol–water partition coefficient (Wildman–Crippen LogP) is 3.50. The molecule has 0 N–H and O–H groups in total. The first-order valence-electron chi connectivity index (χ1n) is 8.13. The van der Waals surface area contributed by atoms with E-state index in [4.69, 9.17) is 0 Å². The van der Waals surface area contributed by atoms with Crippen molar-refractivity contribution in [3.8, 4) is 0 Å². The first-order valence-corrected chi connectivity index (χ1v) is 8.92. The van der Waals surface area contributed by atoms with E-state index in [1.807, 2.05) is 18.3 Å². The van der Waals surface area contributed by atoms with Crippen molar-refractivity contribution in [1.29, 1.82) is 0 Å². The highest BCUT2D eigenvalue weighted by Crippen LogP contribution is 2.28. The maximum Gasteiger partial charge on any atom is 0.151 e. The SMILES string of the molecule is Brc1ccc2c(N3CCCN(c4cccnn4)CC3)ccnc2c1. The van der Waals surface area contributed by atoms with E-state index in [2.05, 4.69) is 65.2 Å². The Morgan fingerprint density at radius 2 is 1.79 bits per heavy atom. The van der Waals surface area contributed by atoms with Gasteiger partial charge in [-0.15, -0.1) is 5.10 Å². The van der Waals surface area contributed by atoms with Crippen LogP contribution in [0, 0.1) is 0 Å². The number of nitrogens with zero attached hydrogens (tertiary/aromatic N) is 5. The average molecular weight is 384 g/mol. The van der Waals surface area contributed by atoms with Crippen LogP contribution >= 0.6 is 15.9 Å². The van der Waals surface area contributed by atoms with Crippen molar-refractivity contribution in [3.05, 3.63) is 53.3 Å². The normalized spacial score (nSPS) is 15.5. The third-order valence-corrected chi connectivity index (χ3v) is 4.89. The second-order valence-electron chi connectivity index (χ2n) is 5.90. The fourth-order valence-corrected chi connectivity index (χ4v) is 3.58. The summed E-state index contributed by atoms with van der Waals surface area (Å²) < 4.78 is 1.06. The summed E-state index contributed by atoms with van der Waals surface area (Å²) >= 11 is 3.53. The van der Waals surface area contributed by atoms with Gasteiger partial charge in [-0.3, -0.25) is 4.98 Å². The number of anilines is 2. The minimum Gasteiger partial charge on any atom is -0.369 e. The minimum absolute atomic E-state index is 0.943. The second kappa shape index (κ2) is 6.73. The lowest BCUT2D eigenvalue weighted by Crippen LogP contribution is -2.31. The molecule has 0 radical (unpaired) electrons. The Balaban J connectivity index is 1.60. The summed E-state index contributed by atoms with van der Waals surface area (Å²) in [6.45, 7) is 3.94. The molecule has 3 aromatic rings. The summed E-state index contributed by atoms with van der Waals surface area (Å²) in [5.74, 6) is 0.961. The smallest absolute Gasteiger partial charge is 0.151 e. The van der Waals surface area contributed by atoms with Gasteiger partial charge in [-0.2, -0.15) is 5.10 Å². The third kappa shape index (κ3) is 3.06. The third-order valence-electron chi connectivity index (χ3n) is 4.40. The van der Waals surface area contributed by atoms with Gasteiger partial charge in [-0.25, -0.2) is 0 Å². The highest BCUT2D eigenvalue weighted by molar-refractivity contribution is 9.10. The molecule has 5 nitrogen and oxygen atoms in total. The predicted molar refractivity (Wildman–Crippen MR) is 101 cm³/mol. The first kappa shape index (κ1) is 15.3. The van der Waals surface area contributed by atoms with Crippen LogP contribution in [0.3, 0.4) is 0 Å². The highest BCUT2D eigenvalue weighted by atomic mass is 79.9. The molecule has 24 heavy (non-hydrogen) atoms. The maximum atomic E-state index is 4.50. The first-order chi connectivity index (χ1) is 11.8. The number of fused-ring (bicyclic) bond motifs is 1. The van der Waals surface area contributed by atoms with Gasteiger partial charge in [-0.05, 0) is 42.8 Å². The Morgan fingerprint density at radius 1 is 0.917 bits per heavy atom. The van der Waals surface area contributed by atoms with Crippen molar-refractivity contribution in [1.82, 2.24) is 15.2 Å². The zero-order valence-corrected chi connectivity index (χ0v) is 14.9. The molecule has 1 aliphatic heterocycles. The molecule has 1 aromatic carbocycles. The molecule has 0 atom stereocenters. The van der Waals surface area contributed by atoms with E-state index in [0.717, 1.165) is 48.4 Å². The fraction of sp³-hybridized carbons (Fsp3) is 0.278. The lowest BCUT2D eigenvalue weighted by molar-refractivity contribution is 0.786. The quantitative estimate of drug-likeness (QED) is 0.677. The lowest BCUT2D eigenvalue weighted by Gasteiger charge is -2.25. The number of aromatic nitrogens is 3. The standard InChI is InChI=1S/C18H18BrN5/c19-14-4-5-15-16(13-14)20-8-6-17(15)23-9-2-10-24(12-11-23)18-3-1-7-21-22-18/h1,3-8,13H,2,9-12H2. The van der Waals surface area contributed by atoms with Crippen LogP contribution < -0.4 is 9.80 Å². The fourth-order valence-electron chi connectivity index (χ4n) is 3.23. The Hall–Kier alpha value is -2.21. The number of halogens is 1. The molecule has 2 aromatic heterocycles. The van der Waals surface area contributed by atoms with Gasteiger partial charge in [0.1, 0.15) is 0 Å². The minimum atomic E-state index is 0.943. The van der Waals surface area contributed by atoms with Crippen molar-refractivity contribution in [3.63, 3.8) is 0 Å². The molecular weight excluding hydrogens is 366 g/mol. The average Bonchev–Trinajstić information content (AvgIpc) is 2.88. The van der Waals surface area contributed by atoms with Gasteiger partial charge in [0, 0.05) is 54.1 Å². The summed E-state index contributed by atoms with van der Waals surface area (Å²) in [6, 6.07) is 12.4. The van der Waals surface area contributed by atoms with E-state index < -0.39 is 0 Å². The molecule has 0 amide bonds. The monoisotopic (exact) mass is 383 g/mol. The van der Waals surface area contributed by atoms with Gasteiger partial charge >= 0.3 is 0 Å². The summed E-state index contributed by atoms with van der Waals surface area (Å²) in [5, 5.41) is 9.44. The zero-order valence-electron chi connectivity index (χ0n) is 13.3. The van der Waals surface area contributed by atoms with Crippen LogP contribution in [0.25, 0.3) is 10.9 Å². The Bertz CT molecular complexity index is 839. The molecule has 0 spiro atoms. The molecular formula is C18H18BrN5. The van der Waals surface area contributed by atoms with Crippen molar-refractivity contribution in [2.24, 2.45) is 0 Å².